The molecule has 4 rings (SSSR count). The molecule has 0 bridgehead atoms. The van der Waals surface area contributed by atoms with E-state index in [9.17, 15) is 9.59 Å². The Morgan fingerprint density at radius 2 is 1.50 bits per heavy atom. The van der Waals surface area contributed by atoms with Crippen LogP contribution in [0.15, 0.2) is 84.9 Å². The molecule has 36 heavy (non-hydrogen) atoms. The maximum Gasteiger partial charge on any atom is 0.261 e. The van der Waals surface area contributed by atoms with Crippen molar-refractivity contribution in [3.8, 4) is 5.75 Å². The molecular weight excluding hydrogens is 448 g/mol. The summed E-state index contributed by atoms with van der Waals surface area (Å²) in [6.45, 7) is 2.25. The number of nitrogens with one attached hydrogen (secondary N) is 1. The summed E-state index contributed by atoms with van der Waals surface area (Å²) in [4.78, 5) is 29.1. The Balaban J connectivity index is 1.60. The fraction of sp³-hybridized carbons (Fsp3) is 0.355. The van der Waals surface area contributed by atoms with Crippen LogP contribution >= 0.6 is 0 Å². The molecule has 1 aliphatic carbocycles. The number of rotatable bonds is 10. The van der Waals surface area contributed by atoms with Crippen LogP contribution in [0.3, 0.4) is 0 Å². The Bertz CT molecular complexity index is 1090. The van der Waals surface area contributed by atoms with E-state index < -0.39 is 6.04 Å². The van der Waals surface area contributed by atoms with Gasteiger partial charge in [0.05, 0.1) is 0 Å². The predicted molar refractivity (Wildman–Crippen MR) is 143 cm³/mol. The molecule has 0 radical (unpaired) electrons. The van der Waals surface area contributed by atoms with Crippen LogP contribution < -0.4 is 10.1 Å². The quantitative estimate of drug-likeness (QED) is 0.416. The van der Waals surface area contributed by atoms with Crippen LogP contribution in [0.1, 0.15) is 48.8 Å². The average Bonchev–Trinajstić information content (AvgIpc) is 2.92. The van der Waals surface area contributed by atoms with Gasteiger partial charge in [-0.2, -0.15) is 0 Å². The summed E-state index contributed by atoms with van der Waals surface area (Å²) in [6, 6.07) is 26.9. The summed E-state index contributed by atoms with van der Waals surface area (Å²) in [5, 5.41) is 3.27. The van der Waals surface area contributed by atoms with E-state index in [0.29, 0.717) is 18.7 Å². The van der Waals surface area contributed by atoms with E-state index in [2.05, 4.69) is 5.32 Å². The van der Waals surface area contributed by atoms with Gasteiger partial charge in [0.25, 0.3) is 5.91 Å². The molecule has 3 aromatic rings. The largest absolute Gasteiger partial charge is 0.484 e. The smallest absolute Gasteiger partial charge is 0.261 e. The summed E-state index contributed by atoms with van der Waals surface area (Å²) >= 11 is 0. The second-order valence-corrected chi connectivity index (χ2v) is 9.66. The molecule has 2 amide bonds. The maximum atomic E-state index is 13.7. The third-order valence-corrected chi connectivity index (χ3v) is 6.80. The Hall–Kier alpha value is -3.60. The number of carbonyl (C=O) groups is 2. The zero-order valence-electron chi connectivity index (χ0n) is 21.1. The van der Waals surface area contributed by atoms with Gasteiger partial charge in [-0.1, -0.05) is 97.6 Å². The van der Waals surface area contributed by atoms with Gasteiger partial charge in [0, 0.05) is 19.0 Å². The standard InChI is InChI=1S/C31H36N2O3/c1-24-17-19-26(20-18-24)22-33(30(34)23-36-28-15-9-4-10-16-28)29(21-25-11-5-2-6-12-25)31(35)32-27-13-7-3-8-14-27/h2,4-6,9-12,15-20,27,29H,3,7-8,13-14,21-23H2,1H3,(H,32,35)/t29-/m0/s1. The lowest BCUT2D eigenvalue weighted by molar-refractivity contribution is -0.143. The summed E-state index contributed by atoms with van der Waals surface area (Å²) in [5.41, 5.74) is 3.16. The van der Waals surface area contributed by atoms with Gasteiger partial charge in [-0.15, -0.1) is 0 Å². The molecule has 1 atom stereocenters. The molecule has 1 N–H and O–H groups in total. The fourth-order valence-corrected chi connectivity index (χ4v) is 4.73. The monoisotopic (exact) mass is 484 g/mol. The van der Waals surface area contributed by atoms with Gasteiger partial charge in [0.15, 0.2) is 6.61 Å². The summed E-state index contributed by atoms with van der Waals surface area (Å²) in [6.07, 6.45) is 5.91. The number of amides is 2. The van der Waals surface area contributed by atoms with Crippen molar-refractivity contribution < 1.29 is 14.3 Å². The number of carbonyl (C=O) groups excluding carboxylic acids is 2. The number of hydrogen-bond donors (Lipinski definition) is 1. The van der Waals surface area contributed by atoms with Gasteiger partial charge in [-0.25, -0.2) is 0 Å². The van der Waals surface area contributed by atoms with Crippen molar-refractivity contribution >= 4 is 11.8 Å². The van der Waals surface area contributed by atoms with Crippen LogP contribution in [0.25, 0.3) is 0 Å². The van der Waals surface area contributed by atoms with Gasteiger partial charge in [0.1, 0.15) is 11.8 Å². The predicted octanol–water partition coefficient (Wildman–Crippen LogP) is 5.46. The number of para-hydroxylation sites is 1. The molecule has 0 aromatic heterocycles. The second kappa shape index (κ2) is 12.9. The highest BCUT2D eigenvalue weighted by Crippen LogP contribution is 2.20. The maximum absolute atomic E-state index is 13.7. The fourth-order valence-electron chi connectivity index (χ4n) is 4.73. The average molecular weight is 485 g/mol. The van der Waals surface area contributed by atoms with Gasteiger partial charge < -0.3 is 15.0 Å². The zero-order chi connectivity index (χ0) is 25.2. The first-order valence-electron chi connectivity index (χ1n) is 13.0. The number of benzene rings is 3. The molecule has 0 aliphatic heterocycles. The molecule has 0 saturated heterocycles. The lowest BCUT2D eigenvalue weighted by Crippen LogP contribution is -2.53. The van der Waals surface area contributed by atoms with E-state index in [4.69, 9.17) is 4.74 Å². The molecule has 1 fully saturated rings. The molecular formula is C31H36N2O3. The van der Waals surface area contributed by atoms with Crippen LogP contribution in [0.4, 0.5) is 0 Å². The van der Waals surface area contributed by atoms with Crippen molar-refractivity contribution in [1.82, 2.24) is 10.2 Å². The van der Waals surface area contributed by atoms with Gasteiger partial charge >= 0.3 is 0 Å². The lowest BCUT2D eigenvalue weighted by atomic mass is 9.94. The highest BCUT2D eigenvalue weighted by atomic mass is 16.5. The SMILES string of the molecule is Cc1ccc(CN(C(=O)COc2ccccc2)[C@@H](Cc2ccccc2)C(=O)NC2CCCCC2)cc1. The van der Waals surface area contributed by atoms with E-state index in [1.54, 1.807) is 4.90 Å². The Morgan fingerprint density at radius 3 is 2.17 bits per heavy atom. The van der Waals surface area contributed by atoms with Crippen LogP contribution in [0, 0.1) is 6.92 Å². The molecule has 3 aromatic carbocycles. The topological polar surface area (TPSA) is 58.6 Å². The van der Waals surface area contributed by atoms with Crippen molar-refractivity contribution in [2.45, 2.75) is 64.1 Å². The molecule has 0 heterocycles. The summed E-state index contributed by atoms with van der Waals surface area (Å²) in [5.74, 6) is 0.331. The Morgan fingerprint density at radius 1 is 0.861 bits per heavy atom. The number of ether oxygens (including phenoxy) is 1. The zero-order valence-corrected chi connectivity index (χ0v) is 21.1. The molecule has 0 spiro atoms. The molecule has 0 unspecified atom stereocenters. The van der Waals surface area contributed by atoms with E-state index in [1.165, 1.54) is 6.42 Å². The minimum Gasteiger partial charge on any atom is -0.484 e. The molecule has 188 valence electrons. The first kappa shape index (κ1) is 25.5. The highest BCUT2D eigenvalue weighted by Gasteiger charge is 2.32. The van der Waals surface area contributed by atoms with Gasteiger partial charge in [-0.3, -0.25) is 9.59 Å². The number of aryl methyl sites for hydroxylation is 1. The lowest BCUT2D eigenvalue weighted by Gasteiger charge is -2.33. The molecule has 5 heteroatoms. The van der Waals surface area contributed by atoms with Crippen molar-refractivity contribution in [2.24, 2.45) is 0 Å². The van der Waals surface area contributed by atoms with E-state index in [-0.39, 0.29) is 24.5 Å². The third-order valence-electron chi connectivity index (χ3n) is 6.80. The Labute approximate surface area is 214 Å². The van der Waals surface area contributed by atoms with Crippen molar-refractivity contribution in [3.63, 3.8) is 0 Å². The van der Waals surface area contributed by atoms with E-state index in [1.807, 2.05) is 91.9 Å². The van der Waals surface area contributed by atoms with Crippen LogP contribution in [0.2, 0.25) is 0 Å². The molecule has 5 nitrogen and oxygen atoms in total. The van der Waals surface area contributed by atoms with Crippen molar-refractivity contribution in [1.29, 1.82) is 0 Å². The summed E-state index contributed by atoms with van der Waals surface area (Å²) in [7, 11) is 0. The highest BCUT2D eigenvalue weighted by molar-refractivity contribution is 5.88. The van der Waals surface area contributed by atoms with E-state index in [0.717, 1.165) is 42.4 Å². The summed E-state index contributed by atoms with van der Waals surface area (Å²) < 4.78 is 5.81. The third kappa shape index (κ3) is 7.45. The van der Waals surface area contributed by atoms with Crippen LogP contribution in [0.5, 0.6) is 5.75 Å². The first-order valence-corrected chi connectivity index (χ1v) is 13.0. The number of nitrogens with zero attached hydrogens (tertiary/aromatic N) is 1. The van der Waals surface area contributed by atoms with Gasteiger partial charge in [0.2, 0.25) is 5.91 Å². The van der Waals surface area contributed by atoms with E-state index >= 15 is 0 Å². The van der Waals surface area contributed by atoms with Gasteiger partial charge in [-0.05, 0) is 43.0 Å². The Kier molecular flexibility index (Phi) is 9.15. The molecule has 1 saturated carbocycles. The van der Waals surface area contributed by atoms with Crippen molar-refractivity contribution in [3.05, 3.63) is 102 Å². The number of hydrogen-bond acceptors (Lipinski definition) is 3. The van der Waals surface area contributed by atoms with Crippen molar-refractivity contribution in [2.75, 3.05) is 6.61 Å². The first-order chi connectivity index (χ1) is 17.6. The normalized spacial score (nSPS) is 14.6. The van der Waals surface area contributed by atoms with Crippen LogP contribution in [-0.4, -0.2) is 35.4 Å². The molecule has 1 aliphatic rings. The minimum atomic E-state index is -0.637. The minimum absolute atomic E-state index is 0.0917. The second-order valence-electron chi connectivity index (χ2n) is 9.66. The van der Waals surface area contributed by atoms with Crippen LogP contribution in [-0.2, 0) is 22.6 Å².